The van der Waals surface area contributed by atoms with Gasteiger partial charge in [-0.15, -0.1) is 0 Å². The molecule has 5 rings (SSSR count). The number of fused-ring (bicyclic) bond motifs is 2. The van der Waals surface area contributed by atoms with Gasteiger partial charge in [0.15, 0.2) is 11.5 Å². The maximum absolute atomic E-state index is 6.09. The third-order valence-electron chi connectivity index (χ3n) is 7.20. The van der Waals surface area contributed by atoms with Gasteiger partial charge in [0, 0.05) is 5.56 Å². The summed E-state index contributed by atoms with van der Waals surface area (Å²) in [4.78, 5) is 0. The molecule has 0 saturated heterocycles. The lowest BCUT2D eigenvalue weighted by Crippen LogP contribution is -2.33. The average Bonchev–Trinajstić information content (AvgIpc) is 3.21. The fourth-order valence-corrected chi connectivity index (χ4v) is 4.97. The van der Waals surface area contributed by atoms with E-state index in [1.807, 2.05) is 36.4 Å². The summed E-state index contributed by atoms with van der Waals surface area (Å²) in [5.74, 6) is 1.60. The second-order valence-corrected chi connectivity index (χ2v) is 10.5. The lowest BCUT2D eigenvalue weighted by Gasteiger charge is -2.42. The van der Waals surface area contributed by atoms with Gasteiger partial charge in [0.05, 0.1) is 0 Å². The van der Waals surface area contributed by atoms with E-state index < -0.39 is 0 Å². The van der Waals surface area contributed by atoms with Crippen molar-refractivity contribution in [2.75, 3.05) is 0 Å². The van der Waals surface area contributed by atoms with Crippen LogP contribution in [0.25, 0.3) is 11.6 Å². The van der Waals surface area contributed by atoms with Crippen molar-refractivity contribution in [2.24, 2.45) is 0 Å². The molecule has 0 spiro atoms. The van der Waals surface area contributed by atoms with E-state index in [1.165, 1.54) is 35.1 Å². The molecule has 1 unspecified atom stereocenters. The van der Waals surface area contributed by atoms with Crippen LogP contribution in [0.1, 0.15) is 81.6 Å². The highest BCUT2D eigenvalue weighted by atomic mass is 16.7. The molecule has 2 nitrogen and oxygen atoms in total. The van der Waals surface area contributed by atoms with Crippen molar-refractivity contribution in [1.29, 1.82) is 0 Å². The molecule has 1 heterocycles. The predicted octanol–water partition coefficient (Wildman–Crippen LogP) is 8.07. The Bertz CT molecular complexity index is 1180. The Hall–Kier alpha value is -3.00. The first kappa shape index (κ1) is 20.9. The summed E-state index contributed by atoms with van der Waals surface area (Å²) in [6.45, 7) is 11.7. The van der Waals surface area contributed by atoms with Crippen LogP contribution in [0.4, 0.5) is 0 Å². The molecule has 2 heteroatoms. The lowest BCUT2D eigenvalue weighted by molar-refractivity contribution is 0.0487. The highest BCUT2D eigenvalue weighted by molar-refractivity contribution is 5.81. The molecular formula is C30H32O2. The predicted molar refractivity (Wildman–Crippen MR) is 132 cm³/mol. The maximum Gasteiger partial charge on any atom is 0.267 e. The summed E-state index contributed by atoms with van der Waals surface area (Å²) in [6, 6.07) is 23.3. The fourth-order valence-electron chi connectivity index (χ4n) is 4.97. The van der Waals surface area contributed by atoms with Crippen molar-refractivity contribution in [2.45, 2.75) is 64.6 Å². The standard InChI is InChI=1S/C30H32O2/c1-20(23-12-13-24-25(19-23)30(4,5)16-15-29(24,2)3)17-21-11-14-26-27(18-21)32-28(31-26)22-9-7-6-8-10-22/h6-14,17-19,28H,15-16H2,1-5H3/b20-17+. The smallest absolute Gasteiger partial charge is 0.267 e. The molecule has 2 aliphatic rings. The second kappa shape index (κ2) is 7.55. The second-order valence-electron chi connectivity index (χ2n) is 10.5. The van der Waals surface area contributed by atoms with Gasteiger partial charge in [0.2, 0.25) is 0 Å². The minimum atomic E-state index is -0.377. The molecule has 0 bridgehead atoms. The van der Waals surface area contributed by atoms with E-state index in [9.17, 15) is 0 Å². The lowest BCUT2D eigenvalue weighted by atomic mass is 9.63. The van der Waals surface area contributed by atoms with Gasteiger partial charge >= 0.3 is 0 Å². The molecule has 32 heavy (non-hydrogen) atoms. The van der Waals surface area contributed by atoms with E-state index in [0.29, 0.717) is 0 Å². The van der Waals surface area contributed by atoms with Gasteiger partial charge in [-0.25, -0.2) is 0 Å². The van der Waals surface area contributed by atoms with Gasteiger partial charge in [-0.1, -0.05) is 88.4 Å². The van der Waals surface area contributed by atoms with E-state index in [0.717, 1.165) is 22.6 Å². The summed E-state index contributed by atoms with van der Waals surface area (Å²) < 4.78 is 12.1. The van der Waals surface area contributed by atoms with Crippen LogP contribution in [-0.4, -0.2) is 0 Å². The quantitative estimate of drug-likeness (QED) is 0.396. The van der Waals surface area contributed by atoms with E-state index in [1.54, 1.807) is 0 Å². The molecule has 1 atom stereocenters. The van der Waals surface area contributed by atoms with Crippen LogP contribution >= 0.6 is 0 Å². The molecule has 1 aliphatic heterocycles. The number of ether oxygens (including phenoxy) is 2. The molecule has 0 aromatic heterocycles. The third-order valence-corrected chi connectivity index (χ3v) is 7.20. The Morgan fingerprint density at radius 1 is 0.781 bits per heavy atom. The summed E-state index contributed by atoms with van der Waals surface area (Å²) >= 11 is 0. The Labute approximate surface area is 191 Å². The van der Waals surface area contributed by atoms with Crippen LogP contribution in [0.5, 0.6) is 11.5 Å². The van der Waals surface area contributed by atoms with Crippen LogP contribution < -0.4 is 9.47 Å². The minimum absolute atomic E-state index is 0.215. The van der Waals surface area contributed by atoms with Gasteiger partial charge in [-0.2, -0.15) is 0 Å². The largest absolute Gasteiger partial charge is 0.447 e. The zero-order chi connectivity index (χ0) is 22.5. The first-order valence-corrected chi connectivity index (χ1v) is 11.6. The van der Waals surface area contributed by atoms with Crippen LogP contribution in [0.2, 0.25) is 0 Å². The number of benzene rings is 3. The Morgan fingerprint density at radius 3 is 2.22 bits per heavy atom. The fraction of sp³-hybridized carbons (Fsp3) is 0.333. The van der Waals surface area contributed by atoms with Gasteiger partial charge in [0.1, 0.15) is 0 Å². The number of hydrogen-bond donors (Lipinski definition) is 0. The van der Waals surface area contributed by atoms with Crippen LogP contribution in [0.3, 0.4) is 0 Å². The van der Waals surface area contributed by atoms with Crippen LogP contribution in [0.15, 0.2) is 66.7 Å². The molecule has 0 amide bonds. The molecule has 0 N–H and O–H groups in total. The maximum atomic E-state index is 6.09. The minimum Gasteiger partial charge on any atom is -0.447 e. The van der Waals surface area contributed by atoms with Crippen molar-refractivity contribution in [1.82, 2.24) is 0 Å². The average molecular weight is 425 g/mol. The zero-order valence-corrected chi connectivity index (χ0v) is 19.7. The molecule has 0 fully saturated rings. The summed E-state index contributed by atoms with van der Waals surface area (Å²) in [6.07, 6.45) is 4.33. The first-order chi connectivity index (χ1) is 15.2. The number of rotatable bonds is 3. The summed E-state index contributed by atoms with van der Waals surface area (Å²) in [5.41, 5.74) is 8.14. The van der Waals surface area contributed by atoms with Gasteiger partial charge in [-0.3, -0.25) is 0 Å². The highest BCUT2D eigenvalue weighted by Crippen LogP contribution is 2.46. The van der Waals surface area contributed by atoms with Gasteiger partial charge in [0.25, 0.3) is 6.29 Å². The molecule has 1 aliphatic carbocycles. The third kappa shape index (κ3) is 3.72. The molecule has 0 radical (unpaired) electrons. The van der Waals surface area contributed by atoms with Crippen molar-refractivity contribution >= 4 is 11.6 Å². The van der Waals surface area contributed by atoms with E-state index >= 15 is 0 Å². The summed E-state index contributed by atoms with van der Waals surface area (Å²) in [7, 11) is 0. The molecule has 164 valence electrons. The summed E-state index contributed by atoms with van der Waals surface area (Å²) in [5, 5.41) is 0. The molecule has 3 aromatic rings. The number of hydrogen-bond acceptors (Lipinski definition) is 2. The van der Waals surface area contributed by atoms with Gasteiger partial charge < -0.3 is 9.47 Å². The van der Waals surface area contributed by atoms with E-state index in [-0.39, 0.29) is 17.1 Å². The van der Waals surface area contributed by atoms with E-state index in [4.69, 9.17) is 9.47 Å². The topological polar surface area (TPSA) is 18.5 Å². The van der Waals surface area contributed by atoms with Crippen LogP contribution in [0, 0.1) is 0 Å². The monoisotopic (exact) mass is 424 g/mol. The molecule has 0 saturated carbocycles. The van der Waals surface area contributed by atoms with Crippen molar-refractivity contribution in [3.05, 3.63) is 94.5 Å². The van der Waals surface area contributed by atoms with Gasteiger partial charge in [-0.05, 0) is 70.6 Å². The van der Waals surface area contributed by atoms with Crippen molar-refractivity contribution in [3.63, 3.8) is 0 Å². The highest BCUT2D eigenvalue weighted by Gasteiger charge is 2.37. The van der Waals surface area contributed by atoms with Crippen molar-refractivity contribution < 1.29 is 9.47 Å². The zero-order valence-electron chi connectivity index (χ0n) is 19.7. The Morgan fingerprint density at radius 2 is 1.47 bits per heavy atom. The normalized spacial score (nSPS) is 20.7. The SMILES string of the molecule is C/C(=C\c1ccc2c(c1)OC(c1ccccc1)O2)c1ccc2c(c1)C(C)(C)CCC2(C)C. The van der Waals surface area contributed by atoms with Crippen LogP contribution in [-0.2, 0) is 10.8 Å². The van der Waals surface area contributed by atoms with E-state index in [2.05, 4.69) is 71.0 Å². The first-order valence-electron chi connectivity index (χ1n) is 11.6. The van der Waals surface area contributed by atoms with Crippen molar-refractivity contribution in [3.8, 4) is 11.5 Å². The Kier molecular flexibility index (Phi) is 4.93. The molecular weight excluding hydrogens is 392 g/mol. The number of allylic oxidation sites excluding steroid dienone is 1. The Balaban J connectivity index is 1.43. The molecule has 3 aromatic carbocycles.